The largest absolute Gasteiger partial charge is 0.368 e. The predicted molar refractivity (Wildman–Crippen MR) is 81.6 cm³/mol. The minimum absolute atomic E-state index is 0.0130. The van der Waals surface area contributed by atoms with E-state index in [1.807, 2.05) is 0 Å². The van der Waals surface area contributed by atoms with Crippen LogP contribution in [-0.4, -0.2) is 39.2 Å². The molecule has 0 saturated carbocycles. The fourth-order valence-corrected chi connectivity index (χ4v) is 2.79. The molecular formula is C11H8Cl2N6O2S. The van der Waals surface area contributed by atoms with E-state index >= 15 is 0 Å². The van der Waals surface area contributed by atoms with E-state index in [1.54, 1.807) is 18.2 Å². The van der Waals surface area contributed by atoms with Gasteiger partial charge < -0.3 is 5.73 Å². The van der Waals surface area contributed by atoms with E-state index in [9.17, 15) is 8.42 Å². The van der Waals surface area contributed by atoms with Gasteiger partial charge in [-0.3, -0.25) is 0 Å². The van der Waals surface area contributed by atoms with Crippen molar-refractivity contribution < 1.29 is 8.42 Å². The Hall–Kier alpha value is -1.97. The van der Waals surface area contributed by atoms with Gasteiger partial charge in [0.05, 0.1) is 0 Å². The predicted octanol–water partition coefficient (Wildman–Crippen LogP) is 1.48. The second-order valence-electron chi connectivity index (χ2n) is 4.44. The minimum Gasteiger partial charge on any atom is -0.368 e. The Balaban J connectivity index is 2.24. The zero-order valence-electron chi connectivity index (χ0n) is 11.0. The number of nitrogens with two attached hydrogens (primary N) is 1. The summed E-state index contributed by atoms with van der Waals surface area (Å²) in [5.41, 5.74) is 6.24. The molecule has 0 saturated heterocycles. The number of nitrogens with zero attached hydrogens (tertiary/aromatic N) is 5. The molecule has 0 bridgehead atoms. The van der Waals surface area contributed by atoms with Crippen molar-refractivity contribution in [3.05, 3.63) is 28.2 Å². The lowest BCUT2D eigenvalue weighted by Gasteiger charge is -1.99. The molecule has 1 aromatic carbocycles. The zero-order valence-corrected chi connectivity index (χ0v) is 13.4. The van der Waals surface area contributed by atoms with Crippen molar-refractivity contribution in [3.8, 4) is 11.4 Å². The van der Waals surface area contributed by atoms with Gasteiger partial charge in [0, 0.05) is 21.9 Å². The van der Waals surface area contributed by atoms with E-state index in [-0.39, 0.29) is 17.6 Å². The number of aromatic nitrogens is 5. The van der Waals surface area contributed by atoms with Crippen LogP contribution in [0, 0.1) is 0 Å². The maximum Gasteiger partial charge on any atom is 0.258 e. The van der Waals surface area contributed by atoms with Crippen LogP contribution in [0.4, 0.5) is 5.95 Å². The van der Waals surface area contributed by atoms with Crippen molar-refractivity contribution in [2.75, 3.05) is 12.0 Å². The lowest BCUT2D eigenvalue weighted by atomic mass is 10.2. The number of rotatable bonds is 2. The van der Waals surface area contributed by atoms with Gasteiger partial charge in [-0.25, -0.2) is 8.42 Å². The molecule has 114 valence electrons. The van der Waals surface area contributed by atoms with Crippen molar-refractivity contribution in [2.45, 2.75) is 5.16 Å². The van der Waals surface area contributed by atoms with Gasteiger partial charge in [0.1, 0.15) is 0 Å². The van der Waals surface area contributed by atoms with Gasteiger partial charge in [-0.1, -0.05) is 23.2 Å². The fraction of sp³-hybridized carbons (Fsp3) is 0.0909. The number of sulfone groups is 1. The number of hydrogen-bond donors (Lipinski definition) is 1. The molecule has 0 aliphatic heterocycles. The molecule has 0 aliphatic rings. The molecule has 0 fully saturated rings. The molecule has 2 aromatic heterocycles. The molecule has 0 aliphatic carbocycles. The first-order chi connectivity index (χ1) is 10.2. The van der Waals surface area contributed by atoms with Gasteiger partial charge in [0.2, 0.25) is 15.8 Å². The Morgan fingerprint density at radius 1 is 1.09 bits per heavy atom. The molecule has 0 radical (unpaired) electrons. The summed E-state index contributed by atoms with van der Waals surface area (Å²) in [6, 6.07) is 4.80. The molecule has 0 spiro atoms. The van der Waals surface area contributed by atoms with Crippen LogP contribution < -0.4 is 5.73 Å². The average Bonchev–Trinajstić information content (AvgIpc) is 2.81. The molecule has 11 heteroatoms. The maximum absolute atomic E-state index is 11.5. The average molecular weight is 359 g/mol. The van der Waals surface area contributed by atoms with Gasteiger partial charge in [-0.15, -0.1) is 5.10 Å². The molecule has 0 amide bonds. The van der Waals surface area contributed by atoms with Gasteiger partial charge in [0.25, 0.3) is 10.9 Å². The molecule has 0 unspecified atom stereocenters. The van der Waals surface area contributed by atoms with Crippen LogP contribution in [0.3, 0.4) is 0 Å². The Morgan fingerprint density at radius 2 is 1.73 bits per heavy atom. The van der Waals surface area contributed by atoms with Gasteiger partial charge in [-0.2, -0.15) is 19.5 Å². The minimum atomic E-state index is -3.61. The third kappa shape index (κ3) is 2.70. The SMILES string of the molecule is CS(=O)(=O)c1nc(N)n2nc(-c3cc(Cl)cc(Cl)c3)nc2n1. The lowest BCUT2D eigenvalue weighted by molar-refractivity contribution is 0.592. The quantitative estimate of drug-likeness (QED) is 0.737. The third-order valence-electron chi connectivity index (χ3n) is 2.67. The van der Waals surface area contributed by atoms with Gasteiger partial charge in [0.15, 0.2) is 5.82 Å². The zero-order chi connectivity index (χ0) is 16.1. The Bertz CT molecular complexity index is 981. The number of benzene rings is 1. The van der Waals surface area contributed by atoms with Crippen molar-refractivity contribution in [3.63, 3.8) is 0 Å². The van der Waals surface area contributed by atoms with Crippen LogP contribution in [-0.2, 0) is 9.84 Å². The van der Waals surface area contributed by atoms with Crippen LogP contribution in [0.15, 0.2) is 23.4 Å². The second-order valence-corrected chi connectivity index (χ2v) is 7.22. The summed E-state index contributed by atoms with van der Waals surface area (Å²) in [5, 5.41) is 4.54. The summed E-state index contributed by atoms with van der Waals surface area (Å²) in [6.45, 7) is 0. The first kappa shape index (κ1) is 14.9. The highest BCUT2D eigenvalue weighted by Crippen LogP contribution is 2.25. The molecule has 3 rings (SSSR count). The summed E-state index contributed by atoms with van der Waals surface area (Å²) in [7, 11) is -3.61. The van der Waals surface area contributed by atoms with Crippen molar-refractivity contribution >= 4 is 44.8 Å². The number of halogens is 2. The highest BCUT2D eigenvalue weighted by molar-refractivity contribution is 7.90. The number of hydrogen-bond acceptors (Lipinski definition) is 7. The standard InChI is InChI=1S/C11H8Cl2N6O2S/c1-22(20,21)11-16-9(14)19-10(17-11)15-8(18-19)5-2-6(12)4-7(13)3-5/h2-4H,1H3,(H2,14,15,16,17,18). The lowest BCUT2D eigenvalue weighted by Crippen LogP contribution is -2.11. The summed E-state index contributed by atoms with van der Waals surface area (Å²) < 4.78 is 24.2. The maximum atomic E-state index is 11.5. The monoisotopic (exact) mass is 358 g/mol. The highest BCUT2D eigenvalue weighted by Gasteiger charge is 2.18. The summed E-state index contributed by atoms with van der Waals surface area (Å²) in [6.07, 6.45) is 0.978. The van der Waals surface area contributed by atoms with Crippen molar-refractivity contribution in [1.29, 1.82) is 0 Å². The first-order valence-corrected chi connectivity index (χ1v) is 8.45. The molecule has 8 nitrogen and oxygen atoms in total. The fourth-order valence-electron chi connectivity index (χ4n) is 1.76. The van der Waals surface area contributed by atoms with Crippen LogP contribution in [0.25, 0.3) is 17.2 Å². The van der Waals surface area contributed by atoms with Gasteiger partial charge in [-0.05, 0) is 18.2 Å². The molecule has 2 heterocycles. The first-order valence-electron chi connectivity index (χ1n) is 5.81. The van der Waals surface area contributed by atoms with E-state index in [2.05, 4.69) is 20.1 Å². The summed E-state index contributed by atoms with van der Waals surface area (Å²) >= 11 is 11.9. The highest BCUT2D eigenvalue weighted by atomic mass is 35.5. The number of nitrogen functional groups attached to an aromatic ring is 1. The molecule has 2 N–H and O–H groups in total. The molecule has 0 atom stereocenters. The van der Waals surface area contributed by atoms with Crippen molar-refractivity contribution in [1.82, 2.24) is 24.6 Å². The van der Waals surface area contributed by atoms with E-state index < -0.39 is 15.0 Å². The van der Waals surface area contributed by atoms with E-state index in [1.165, 1.54) is 0 Å². The smallest absolute Gasteiger partial charge is 0.258 e. The van der Waals surface area contributed by atoms with Crippen LogP contribution in [0.5, 0.6) is 0 Å². The van der Waals surface area contributed by atoms with E-state index in [0.29, 0.717) is 15.6 Å². The third-order valence-corrected chi connectivity index (χ3v) is 3.95. The van der Waals surface area contributed by atoms with Crippen LogP contribution in [0.1, 0.15) is 0 Å². The van der Waals surface area contributed by atoms with Crippen LogP contribution in [0.2, 0.25) is 10.0 Å². The van der Waals surface area contributed by atoms with Gasteiger partial charge >= 0.3 is 0 Å². The summed E-state index contributed by atoms with van der Waals surface area (Å²) in [5.74, 6) is 0.118. The Morgan fingerprint density at radius 3 is 2.32 bits per heavy atom. The van der Waals surface area contributed by atoms with E-state index in [4.69, 9.17) is 28.9 Å². The topological polar surface area (TPSA) is 116 Å². The molecule has 22 heavy (non-hydrogen) atoms. The molecule has 3 aromatic rings. The normalized spacial score (nSPS) is 12.0. The second kappa shape index (κ2) is 5.04. The Kier molecular flexibility index (Phi) is 3.42. The summed E-state index contributed by atoms with van der Waals surface area (Å²) in [4.78, 5) is 11.7. The van der Waals surface area contributed by atoms with Crippen molar-refractivity contribution in [2.24, 2.45) is 0 Å². The van der Waals surface area contributed by atoms with E-state index in [0.717, 1.165) is 10.8 Å². The Labute approximate surface area is 134 Å². The molecular weight excluding hydrogens is 351 g/mol. The van der Waals surface area contributed by atoms with Crippen LogP contribution >= 0.6 is 23.2 Å². The number of anilines is 1. The number of fused-ring (bicyclic) bond motifs is 1.